The zero-order valence-corrected chi connectivity index (χ0v) is 18.0. The predicted octanol–water partition coefficient (Wildman–Crippen LogP) is 3.27. The first-order valence-electron chi connectivity index (χ1n) is 9.11. The first kappa shape index (κ1) is 22.7. The van der Waals surface area contributed by atoms with Crippen LogP contribution in [0.2, 0.25) is 0 Å². The van der Waals surface area contributed by atoms with Gasteiger partial charge >= 0.3 is 0 Å². The minimum Gasteiger partial charge on any atom is -0.347 e. The lowest BCUT2D eigenvalue weighted by Crippen LogP contribution is -2.46. The quantitative estimate of drug-likeness (QED) is 0.758. The van der Waals surface area contributed by atoms with E-state index in [1.165, 1.54) is 0 Å². The minimum absolute atomic E-state index is 0.0796. The molecule has 0 aromatic heterocycles. The molecule has 0 bridgehead atoms. The van der Waals surface area contributed by atoms with Gasteiger partial charge in [0.05, 0.1) is 16.7 Å². The van der Waals surface area contributed by atoms with Gasteiger partial charge in [0.2, 0.25) is 0 Å². The van der Waals surface area contributed by atoms with Crippen molar-refractivity contribution in [2.75, 3.05) is 0 Å². The molecule has 0 unspecified atom stereocenters. The number of hydrogen-bond donors (Lipinski definition) is 3. The van der Waals surface area contributed by atoms with Crippen molar-refractivity contribution in [2.24, 2.45) is 0 Å². The average Bonchev–Trinajstić information content (AvgIpc) is 2.40. The average molecular weight is 376 g/mol. The number of amides is 3. The molecule has 1 rings (SSSR count). The summed E-state index contributed by atoms with van der Waals surface area (Å²) in [5.74, 6) is -1.25. The highest BCUT2D eigenvalue weighted by Gasteiger charge is 2.29. The van der Waals surface area contributed by atoms with E-state index in [4.69, 9.17) is 0 Å². The van der Waals surface area contributed by atoms with Crippen LogP contribution in [0.15, 0.2) is 18.2 Å². The molecule has 6 heteroatoms. The lowest BCUT2D eigenvalue weighted by atomic mass is 9.95. The van der Waals surface area contributed by atoms with E-state index in [9.17, 15) is 14.4 Å². The van der Waals surface area contributed by atoms with Gasteiger partial charge in [-0.3, -0.25) is 14.4 Å². The second-order valence-corrected chi connectivity index (χ2v) is 9.84. The van der Waals surface area contributed by atoms with Gasteiger partial charge in [-0.2, -0.15) is 0 Å². The lowest BCUT2D eigenvalue weighted by molar-refractivity contribution is 0.0869. The number of benzene rings is 1. The van der Waals surface area contributed by atoms with Crippen molar-refractivity contribution >= 4 is 17.7 Å². The van der Waals surface area contributed by atoms with E-state index in [1.807, 2.05) is 62.3 Å². The van der Waals surface area contributed by atoms with Crippen LogP contribution in [0.1, 0.15) is 93.4 Å². The molecular formula is C21H33N3O3. The Bertz CT molecular complexity index is 686. The van der Waals surface area contributed by atoms with Crippen LogP contribution < -0.4 is 16.0 Å². The fraction of sp³-hybridized carbons (Fsp3) is 0.571. The molecule has 0 aliphatic heterocycles. The summed E-state index contributed by atoms with van der Waals surface area (Å²) >= 11 is 0. The van der Waals surface area contributed by atoms with Crippen molar-refractivity contribution in [1.82, 2.24) is 16.0 Å². The Balaban J connectivity index is 3.51. The van der Waals surface area contributed by atoms with Gasteiger partial charge in [0.1, 0.15) is 0 Å². The molecule has 0 heterocycles. The van der Waals surface area contributed by atoms with Gasteiger partial charge in [-0.15, -0.1) is 0 Å². The largest absolute Gasteiger partial charge is 0.347 e. The first-order chi connectivity index (χ1) is 12.0. The third-order valence-electron chi connectivity index (χ3n) is 3.25. The molecule has 3 N–H and O–H groups in total. The lowest BCUT2D eigenvalue weighted by Gasteiger charge is -2.26. The van der Waals surface area contributed by atoms with Crippen molar-refractivity contribution in [3.05, 3.63) is 34.9 Å². The topological polar surface area (TPSA) is 87.3 Å². The molecule has 0 fully saturated rings. The van der Waals surface area contributed by atoms with Crippen LogP contribution in [0.25, 0.3) is 0 Å². The molecule has 0 atom stereocenters. The Morgan fingerprint density at radius 1 is 0.593 bits per heavy atom. The Morgan fingerprint density at radius 2 is 0.889 bits per heavy atom. The van der Waals surface area contributed by atoms with Crippen LogP contribution in [0, 0.1) is 0 Å². The zero-order valence-electron chi connectivity index (χ0n) is 18.0. The molecule has 150 valence electrons. The first-order valence-corrected chi connectivity index (χ1v) is 9.11. The molecule has 0 saturated heterocycles. The van der Waals surface area contributed by atoms with Crippen LogP contribution in [0.5, 0.6) is 0 Å². The van der Waals surface area contributed by atoms with E-state index in [1.54, 1.807) is 18.2 Å². The summed E-state index contributed by atoms with van der Waals surface area (Å²) in [4.78, 5) is 38.5. The highest BCUT2D eigenvalue weighted by molar-refractivity contribution is 6.14. The summed E-state index contributed by atoms with van der Waals surface area (Å²) < 4.78 is 0. The van der Waals surface area contributed by atoms with Crippen LogP contribution in [0.4, 0.5) is 0 Å². The maximum Gasteiger partial charge on any atom is 0.253 e. The number of carbonyl (C=O) groups excluding carboxylic acids is 3. The second-order valence-electron chi connectivity index (χ2n) is 9.84. The number of carbonyl (C=O) groups is 3. The molecule has 0 aliphatic rings. The third kappa shape index (κ3) is 7.41. The van der Waals surface area contributed by atoms with Crippen molar-refractivity contribution < 1.29 is 14.4 Å². The Labute approximate surface area is 162 Å². The van der Waals surface area contributed by atoms with Crippen LogP contribution in [0.3, 0.4) is 0 Å². The number of hydrogen-bond acceptors (Lipinski definition) is 3. The third-order valence-corrected chi connectivity index (χ3v) is 3.25. The summed E-state index contributed by atoms with van der Waals surface area (Å²) in [5.41, 5.74) is -1.03. The van der Waals surface area contributed by atoms with Crippen LogP contribution in [-0.4, -0.2) is 34.3 Å². The van der Waals surface area contributed by atoms with Crippen LogP contribution >= 0.6 is 0 Å². The van der Waals surface area contributed by atoms with Gasteiger partial charge in [-0.05, 0) is 74.4 Å². The Hall–Kier alpha value is -2.37. The summed E-state index contributed by atoms with van der Waals surface area (Å²) in [6.07, 6.45) is 0. The predicted molar refractivity (Wildman–Crippen MR) is 108 cm³/mol. The van der Waals surface area contributed by atoms with Gasteiger partial charge in [-0.1, -0.05) is 6.07 Å². The molecule has 0 aliphatic carbocycles. The fourth-order valence-corrected chi connectivity index (χ4v) is 2.39. The van der Waals surface area contributed by atoms with Crippen LogP contribution in [-0.2, 0) is 0 Å². The monoisotopic (exact) mass is 375 g/mol. The van der Waals surface area contributed by atoms with E-state index in [2.05, 4.69) is 16.0 Å². The second kappa shape index (κ2) is 7.71. The molecule has 0 radical (unpaired) electrons. The summed E-state index contributed by atoms with van der Waals surface area (Å²) in [5, 5.41) is 8.57. The molecule has 1 aromatic rings. The van der Waals surface area contributed by atoms with Crippen molar-refractivity contribution in [3.63, 3.8) is 0 Å². The van der Waals surface area contributed by atoms with Gasteiger partial charge in [0.25, 0.3) is 17.7 Å². The molecular weight excluding hydrogens is 342 g/mol. The number of rotatable bonds is 3. The summed E-state index contributed by atoms with van der Waals surface area (Å²) in [6.45, 7) is 16.7. The molecule has 27 heavy (non-hydrogen) atoms. The highest BCUT2D eigenvalue weighted by Crippen LogP contribution is 2.19. The van der Waals surface area contributed by atoms with E-state index in [-0.39, 0.29) is 16.7 Å². The maximum absolute atomic E-state index is 13.0. The van der Waals surface area contributed by atoms with Gasteiger partial charge in [0.15, 0.2) is 0 Å². The van der Waals surface area contributed by atoms with E-state index < -0.39 is 34.3 Å². The Kier molecular flexibility index (Phi) is 6.47. The van der Waals surface area contributed by atoms with E-state index in [0.717, 1.165) is 0 Å². The standard InChI is InChI=1S/C21H33N3O3/c1-19(2,3)22-16(25)13-11-10-12-14(17(26)23-20(4,5)6)15(13)18(27)24-21(7,8)9/h10-12H,1-9H3,(H,22,25)(H,23,26)(H,24,27). The molecule has 6 nitrogen and oxygen atoms in total. The normalized spacial score (nSPS) is 12.3. The zero-order chi connectivity index (χ0) is 21.2. The maximum atomic E-state index is 13.0. The molecule has 0 spiro atoms. The number of nitrogens with one attached hydrogen (secondary N) is 3. The van der Waals surface area contributed by atoms with E-state index >= 15 is 0 Å². The van der Waals surface area contributed by atoms with Crippen molar-refractivity contribution in [1.29, 1.82) is 0 Å². The smallest absolute Gasteiger partial charge is 0.253 e. The van der Waals surface area contributed by atoms with E-state index in [0.29, 0.717) is 0 Å². The van der Waals surface area contributed by atoms with Gasteiger partial charge in [0, 0.05) is 16.6 Å². The van der Waals surface area contributed by atoms with Gasteiger partial charge in [-0.25, -0.2) is 0 Å². The van der Waals surface area contributed by atoms with Crippen molar-refractivity contribution in [2.45, 2.75) is 78.9 Å². The summed E-state index contributed by atoms with van der Waals surface area (Å²) in [7, 11) is 0. The molecule has 0 saturated carbocycles. The fourth-order valence-electron chi connectivity index (χ4n) is 2.39. The van der Waals surface area contributed by atoms with Gasteiger partial charge < -0.3 is 16.0 Å². The summed E-state index contributed by atoms with van der Waals surface area (Å²) in [6, 6.07) is 4.74. The Morgan fingerprint density at radius 3 is 1.19 bits per heavy atom. The molecule has 3 amide bonds. The SMILES string of the molecule is CC(C)(C)NC(=O)c1cccc(C(=O)NC(C)(C)C)c1C(=O)NC(C)(C)C. The van der Waals surface area contributed by atoms with Crippen molar-refractivity contribution in [3.8, 4) is 0 Å². The minimum atomic E-state index is -0.511. The highest BCUT2D eigenvalue weighted by atomic mass is 16.2. The molecule has 1 aromatic carbocycles.